The summed E-state index contributed by atoms with van der Waals surface area (Å²) in [4.78, 5) is 0. The van der Waals surface area contributed by atoms with Gasteiger partial charge in [0.15, 0.2) is 0 Å². The monoisotopic (exact) mass is 145 g/mol. The third kappa shape index (κ3) is 1.93. The summed E-state index contributed by atoms with van der Waals surface area (Å²) < 4.78 is 8.67. The van der Waals surface area contributed by atoms with Crippen LogP contribution in [0.1, 0.15) is 13.8 Å². The zero-order valence-corrected chi connectivity index (χ0v) is 6.05. The predicted molar refractivity (Wildman–Crippen MR) is 33.5 cm³/mol. The van der Waals surface area contributed by atoms with E-state index in [1.165, 1.54) is 0 Å². The van der Waals surface area contributed by atoms with Gasteiger partial charge in [0.05, 0.1) is 6.10 Å². The van der Waals surface area contributed by atoms with Crippen LogP contribution in [0.5, 0.6) is 5.19 Å². The molecule has 1 heterocycles. The van der Waals surface area contributed by atoms with Crippen molar-refractivity contribution in [3.05, 3.63) is 0 Å². The van der Waals surface area contributed by atoms with E-state index in [9.17, 15) is 0 Å². The SMILES string of the molecule is CC(C)Oc1nnns1. The largest absolute Gasteiger partial charge is 0.465 e. The van der Waals surface area contributed by atoms with Gasteiger partial charge in [-0.25, -0.2) is 0 Å². The van der Waals surface area contributed by atoms with Crippen LogP contribution in [0.2, 0.25) is 0 Å². The highest BCUT2D eigenvalue weighted by Crippen LogP contribution is 2.09. The predicted octanol–water partition coefficient (Wildman–Crippen LogP) is 0.720. The molecule has 1 aromatic rings. The Morgan fingerprint density at radius 1 is 1.56 bits per heavy atom. The highest BCUT2D eigenvalue weighted by atomic mass is 32.1. The van der Waals surface area contributed by atoms with Crippen LogP contribution in [0.4, 0.5) is 0 Å². The average Bonchev–Trinajstić information content (AvgIpc) is 2.15. The Morgan fingerprint density at radius 3 is 2.78 bits per heavy atom. The summed E-state index contributed by atoms with van der Waals surface area (Å²) in [6.45, 7) is 3.86. The van der Waals surface area contributed by atoms with Gasteiger partial charge in [0.1, 0.15) is 0 Å². The molecule has 0 amide bonds. The number of aromatic nitrogens is 3. The van der Waals surface area contributed by atoms with E-state index in [4.69, 9.17) is 4.74 Å². The Bertz CT molecular complexity index is 162. The molecule has 1 aromatic heterocycles. The summed E-state index contributed by atoms with van der Waals surface area (Å²) >= 11 is 1.16. The normalized spacial score (nSPS) is 10.1. The van der Waals surface area contributed by atoms with Gasteiger partial charge >= 0.3 is 5.19 Å². The summed E-state index contributed by atoms with van der Waals surface area (Å²) in [5.74, 6) is 0. The summed E-state index contributed by atoms with van der Waals surface area (Å²) in [6.07, 6.45) is 0.153. The first-order valence-electron chi connectivity index (χ1n) is 2.60. The van der Waals surface area contributed by atoms with Crippen molar-refractivity contribution in [3.8, 4) is 5.19 Å². The van der Waals surface area contributed by atoms with Crippen molar-refractivity contribution >= 4 is 11.5 Å². The van der Waals surface area contributed by atoms with Gasteiger partial charge in [0.25, 0.3) is 0 Å². The van der Waals surface area contributed by atoms with Crippen LogP contribution in [0, 0.1) is 0 Å². The maximum Gasteiger partial charge on any atom is 0.314 e. The standard InChI is InChI=1S/C4H7N3OS/c1-3(2)8-4-5-6-7-9-4/h3H,1-2H3. The Hall–Kier alpha value is -0.710. The van der Waals surface area contributed by atoms with E-state index >= 15 is 0 Å². The number of hydrogen-bond donors (Lipinski definition) is 0. The molecule has 9 heavy (non-hydrogen) atoms. The van der Waals surface area contributed by atoms with Crippen LogP contribution in [-0.2, 0) is 0 Å². The van der Waals surface area contributed by atoms with Crippen LogP contribution >= 0.6 is 11.5 Å². The Kier molecular flexibility index (Phi) is 1.94. The van der Waals surface area contributed by atoms with E-state index in [1.54, 1.807) is 0 Å². The van der Waals surface area contributed by atoms with Gasteiger partial charge in [0, 0.05) is 11.5 Å². The average molecular weight is 145 g/mol. The minimum atomic E-state index is 0.153. The molecule has 0 unspecified atom stereocenters. The number of ether oxygens (including phenoxy) is 1. The third-order valence-corrected chi connectivity index (χ3v) is 1.11. The van der Waals surface area contributed by atoms with Gasteiger partial charge in [-0.1, -0.05) is 9.59 Å². The van der Waals surface area contributed by atoms with E-state index in [2.05, 4.69) is 14.8 Å². The fourth-order valence-electron chi connectivity index (χ4n) is 0.373. The third-order valence-electron chi connectivity index (χ3n) is 0.618. The minimum Gasteiger partial charge on any atom is -0.465 e. The van der Waals surface area contributed by atoms with E-state index in [1.807, 2.05) is 13.8 Å². The molecule has 0 radical (unpaired) electrons. The highest BCUT2D eigenvalue weighted by molar-refractivity contribution is 7.07. The van der Waals surface area contributed by atoms with Crippen molar-refractivity contribution in [3.63, 3.8) is 0 Å². The molecule has 0 saturated heterocycles. The topological polar surface area (TPSA) is 47.9 Å². The smallest absolute Gasteiger partial charge is 0.314 e. The lowest BCUT2D eigenvalue weighted by Gasteiger charge is -2.01. The van der Waals surface area contributed by atoms with E-state index < -0.39 is 0 Å². The van der Waals surface area contributed by atoms with Gasteiger partial charge in [0.2, 0.25) is 0 Å². The van der Waals surface area contributed by atoms with Crippen molar-refractivity contribution in [2.24, 2.45) is 0 Å². The fourth-order valence-corrected chi connectivity index (χ4v) is 0.824. The molecule has 0 spiro atoms. The molecule has 0 fully saturated rings. The molecule has 1 rings (SSSR count). The molecule has 0 atom stereocenters. The fraction of sp³-hybridized carbons (Fsp3) is 0.750. The van der Waals surface area contributed by atoms with Crippen LogP contribution in [0.15, 0.2) is 0 Å². The number of hydrogen-bond acceptors (Lipinski definition) is 5. The molecular formula is C4H7N3OS. The first-order valence-corrected chi connectivity index (χ1v) is 3.38. The quantitative estimate of drug-likeness (QED) is 0.615. The molecule has 0 bridgehead atoms. The summed E-state index contributed by atoms with van der Waals surface area (Å²) in [5.41, 5.74) is 0. The van der Waals surface area contributed by atoms with E-state index in [0.717, 1.165) is 11.5 Å². The van der Waals surface area contributed by atoms with Crippen LogP contribution in [0.25, 0.3) is 0 Å². The number of nitrogens with zero attached hydrogens (tertiary/aromatic N) is 3. The maximum absolute atomic E-state index is 5.14. The summed E-state index contributed by atoms with van der Waals surface area (Å²) in [6, 6.07) is 0. The van der Waals surface area contributed by atoms with Crippen molar-refractivity contribution < 1.29 is 4.74 Å². The molecule has 50 valence electrons. The molecule has 0 N–H and O–H groups in total. The van der Waals surface area contributed by atoms with E-state index in [0.29, 0.717) is 5.19 Å². The van der Waals surface area contributed by atoms with Gasteiger partial charge < -0.3 is 4.74 Å². The Labute approximate surface area is 57.0 Å². The Morgan fingerprint density at radius 2 is 2.33 bits per heavy atom. The molecule has 4 nitrogen and oxygen atoms in total. The molecule has 0 aliphatic rings. The second-order valence-electron chi connectivity index (χ2n) is 1.79. The minimum absolute atomic E-state index is 0.153. The second kappa shape index (κ2) is 2.72. The lowest BCUT2D eigenvalue weighted by molar-refractivity contribution is 0.239. The van der Waals surface area contributed by atoms with Crippen molar-refractivity contribution in [1.29, 1.82) is 0 Å². The maximum atomic E-state index is 5.14. The van der Waals surface area contributed by atoms with Crippen LogP contribution in [-0.4, -0.2) is 20.9 Å². The van der Waals surface area contributed by atoms with Gasteiger partial charge in [-0.3, -0.25) is 0 Å². The molecule has 0 aliphatic carbocycles. The van der Waals surface area contributed by atoms with Crippen molar-refractivity contribution in [2.75, 3.05) is 0 Å². The van der Waals surface area contributed by atoms with Crippen molar-refractivity contribution in [1.82, 2.24) is 14.8 Å². The Balaban J connectivity index is 2.48. The van der Waals surface area contributed by atoms with Crippen LogP contribution in [0.3, 0.4) is 0 Å². The lowest BCUT2D eigenvalue weighted by Crippen LogP contribution is -2.04. The first kappa shape index (κ1) is 6.41. The highest BCUT2D eigenvalue weighted by Gasteiger charge is 1.99. The first-order chi connectivity index (χ1) is 4.29. The number of rotatable bonds is 2. The molecule has 0 aliphatic heterocycles. The van der Waals surface area contributed by atoms with E-state index in [-0.39, 0.29) is 6.10 Å². The summed E-state index contributed by atoms with van der Waals surface area (Å²) in [7, 11) is 0. The zero-order valence-electron chi connectivity index (χ0n) is 5.24. The molecule has 0 aromatic carbocycles. The van der Waals surface area contributed by atoms with Gasteiger partial charge in [-0.15, -0.1) is 0 Å². The van der Waals surface area contributed by atoms with Crippen LogP contribution < -0.4 is 4.74 Å². The summed E-state index contributed by atoms with van der Waals surface area (Å²) in [5, 5.41) is 7.49. The van der Waals surface area contributed by atoms with Gasteiger partial charge in [-0.05, 0) is 19.1 Å². The zero-order chi connectivity index (χ0) is 6.69. The molecule has 5 heteroatoms. The molecular weight excluding hydrogens is 138 g/mol. The van der Waals surface area contributed by atoms with Gasteiger partial charge in [-0.2, -0.15) is 0 Å². The second-order valence-corrected chi connectivity index (χ2v) is 2.49. The molecule has 0 saturated carbocycles. The van der Waals surface area contributed by atoms with Crippen molar-refractivity contribution in [2.45, 2.75) is 20.0 Å². The lowest BCUT2D eigenvalue weighted by atomic mass is 10.5.